The summed E-state index contributed by atoms with van der Waals surface area (Å²) in [6.45, 7) is 4.04. The Morgan fingerprint density at radius 3 is 3.00 bits per heavy atom. The van der Waals surface area contributed by atoms with Crippen molar-refractivity contribution in [3.63, 3.8) is 0 Å². The first-order valence-electron chi connectivity index (χ1n) is 4.27. The molecule has 1 unspecified atom stereocenters. The Balaban J connectivity index is 2.53. The highest BCUT2D eigenvalue weighted by atomic mass is 32.2. The summed E-state index contributed by atoms with van der Waals surface area (Å²) in [5, 5.41) is 3.31. The van der Waals surface area contributed by atoms with Crippen molar-refractivity contribution in [2.24, 2.45) is 0 Å². The normalized spacial score (nSPS) is 12.5. The summed E-state index contributed by atoms with van der Waals surface area (Å²) >= 11 is 1.83. The third kappa shape index (κ3) is 3.63. The highest BCUT2D eigenvalue weighted by molar-refractivity contribution is 7.98. The highest BCUT2D eigenvalue weighted by Crippen LogP contribution is 2.06. The molecule has 1 N–H and O–H groups in total. The fourth-order valence-corrected chi connectivity index (χ4v) is 1.66. The minimum atomic E-state index is 0.448. The number of aromatic nitrogens is 2. The van der Waals surface area contributed by atoms with Crippen LogP contribution in [0.3, 0.4) is 0 Å². The van der Waals surface area contributed by atoms with Gasteiger partial charge in [0.05, 0.1) is 0 Å². The van der Waals surface area contributed by atoms with Gasteiger partial charge in [-0.25, -0.2) is 9.97 Å². The number of nitrogens with one attached hydrogen (secondary N) is 1. The van der Waals surface area contributed by atoms with Crippen molar-refractivity contribution in [2.45, 2.75) is 19.9 Å². The molecule has 0 aliphatic heterocycles. The van der Waals surface area contributed by atoms with Crippen molar-refractivity contribution in [3.05, 3.63) is 18.1 Å². The molecule has 72 valence electrons. The largest absolute Gasteiger partial charge is 0.367 e. The Hall–Kier alpha value is -0.770. The van der Waals surface area contributed by atoms with Crippen LogP contribution in [0, 0.1) is 6.92 Å². The maximum Gasteiger partial charge on any atom is 0.129 e. The molecule has 0 saturated carbocycles. The fourth-order valence-electron chi connectivity index (χ4n) is 1.08. The average Bonchev–Trinajstić information content (AvgIpc) is 2.04. The molecule has 0 amide bonds. The lowest BCUT2D eigenvalue weighted by Gasteiger charge is -2.12. The SMILES string of the molecule is CSCC(C)Nc1ccnc(C)n1. The smallest absolute Gasteiger partial charge is 0.129 e. The second-order valence-corrected chi connectivity index (χ2v) is 3.90. The summed E-state index contributed by atoms with van der Waals surface area (Å²) in [7, 11) is 0. The van der Waals surface area contributed by atoms with Crippen LogP contribution in [0.4, 0.5) is 5.82 Å². The predicted octanol–water partition coefficient (Wildman–Crippen LogP) is 1.95. The Morgan fingerprint density at radius 2 is 2.38 bits per heavy atom. The molecule has 0 aliphatic rings. The number of thioether (sulfide) groups is 1. The molecule has 0 bridgehead atoms. The molecule has 0 radical (unpaired) electrons. The monoisotopic (exact) mass is 197 g/mol. The van der Waals surface area contributed by atoms with Gasteiger partial charge >= 0.3 is 0 Å². The van der Waals surface area contributed by atoms with Crippen molar-refractivity contribution in [3.8, 4) is 0 Å². The minimum Gasteiger partial charge on any atom is -0.367 e. The lowest BCUT2D eigenvalue weighted by molar-refractivity contribution is 0.893. The maximum absolute atomic E-state index is 4.26. The molecule has 13 heavy (non-hydrogen) atoms. The minimum absolute atomic E-state index is 0.448. The van der Waals surface area contributed by atoms with Crippen LogP contribution in [-0.2, 0) is 0 Å². The van der Waals surface area contributed by atoms with Gasteiger partial charge in [0.2, 0.25) is 0 Å². The number of aryl methyl sites for hydroxylation is 1. The van der Waals surface area contributed by atoms with Gasteiger partial charge < -0.3 is 5.32 Å². The molecular formula is C9H15N3S. The second kappa shape index (κ2) is 5.07. The van der Waals surface area contributed by atoms with Crippen LogP contribution < -0.4 is 5.32 Å². The maximum atomic E-state index is 4.26. The Morgan fingerprint density at radius 1 is 1.62 bits per heavy atom. The van der Waals surface area contributed by atoms with E-state index in [1.165, 1.54) is 0 Å². The molecule has 1 heterocycles. The van der Waals surface area contributed by atoms with Gasteiger partial charge in [-0.2, -0.15) is 11.8 Å². The van der Waals surface area contributed by atoms with Crippen molar-refractivity contribution in [1.82, 2.24) is 9.97 Å². The quantitative estimate of drug-likeness (QED) is 0.800. The topological polar surface area (TPSA) is 37.8 Å². The molecule has 1 atom stereocenters. The predicted molar refractivity (Wildman–Crippen MR) is 58.2 cm³/mol. The first-order chi connectivity index (χ1) is 6.22. The van der Waals surface area contributed by atoms with E-state index in [0.717, 1.165) is 17.4 Å². The van der Waals surface area contributed by atoms with Gasteiger partial charge in [0.15, 0.2) is 0 Å². The van der Waals surface area contributed by atoms with E-state index < -0.39 is 0 Å². The Kier molecular flexibility index (Phi) is 4.02. The standard InChI is InChI=1S/C9H15N3S/c1-7(6-13-3)11-9-4-5-10-8(2)12-9/h4-5,7H,6H2,1-3H3,(H,10,11,12). The van der Waals surface area contributed by atoms with Crippen LogP contribution in [0.5, 0.6) is 0 Å². The van der Waals surface area contributed by atoms with Crippen LogP contribution in [0.15, 0.2) is 12.3 Å². The molecule has 0 saturated heterocycles. The van der Waals surface area contributed by atoms with E-state index >= 15 is 0 Å². The third-order valence-electron chi connectivity index (χ3n) is 1.59. The van der Waals surface area contributed by atoms with E-state index in [9.17, 15) is 0 Å². The van der Waals surface area contributed by atoms with Gasteiger partial charge in [-0.15, -0.1) is 0 Å². The molecule has 1 aromatic rings. The summed E-state index contributed by atoms with van der Waals surface area (Å²) in [6, 6.07) is 2.34. The van der Waals surface area contributed by atoms with Crippen LogP contribution in [0.2, 0.25) is 0 Å². The number of nitrogens with zero attached hydrogens (tertiary/aromatic N) is 2. The molecule has 0 spiro atoms. The molecule has 1 aromatic heterocycles. The van der Waals surface area contributed by atoms with Gasteiger partial charge in [-0.1, -0.05) is 0 Å². The molecule has 1 rings (SSSR count). The first kappa shape index (κ1) is 10.3. The van der Waals surface area contributed by atoms with Gasteiger partial charge in [0, 0.05) is 18.0 Å². The zero-order valence-corrected chi connectivity index (χ0v) is 9.06. The van der Waals surface area contributed by atoms with E-state index in [2.05, 4.69) is 28.5 Å². The number of hydrogen-bond acceptors (Lipinski definition) is 4. The molecule has 4 heteroatoms. The van der Waals surface area contributed by atoms with Crippen molar-refractivity contribution in [1.29, 1.82) is 0 Å². The van der Waals surface area contributed by atoms with E-state index in [0.29, 0.717) is 6.04 Å². The zero-order chi connectivity index (χ0) is 9.68. The van der Waals surface area contributed by atoms with Crippen LogP contribution in [0.25, 0.3) is 0 Å². The summed E-state index contributed by atoms with van der Waals surface area (Å²) < 4.78 is 0. The van der Waals surface area contributed by atoms with Crippen LogP contribution in [0.1, 0.15) is 12.7 Å². The Labute approximate surface area is 83.4 Å². The highest BCUT2D eigenvalue weighted by Gasteiger charge is 2.01. The summed E-state index contributed by atoms with van der Waals surface area (Å²) in [6.07, 6.45) is 3.87. The lowest BCUT2D eigenvalue weighted by Crippen LogP contribution is -2.18. The fraction of sp³-hybridized carbons (Fsp3) is 0.556. The van der Waals surface area contributed by atoms with Crippen LogP contribution in [-0.4, -0.2) is 28.0 Å². The Bertz CT molecular complexity index is 265. The van der Waals surface area contributed by atoms with E-state index in [1.54, 1.807) is 6.20 Å². The molecule has 0 aromatic carbocycles. The second-order valence-electron chi connectivity index (χ2n) is 2.99. The van der Waals surface area contributed by atoms with E-state index in [-0.39, 0.29) is 0 Å². The number of hydrogen-bond donors (Lipinski definition) is 1. The van der Waals surface area contributed by atoms with E-state index in [4.69, 9.17) is 0 Å². The summed E-state index contributed by atoms with van der Waals surface area (Å²) in [4.78, 5) is 8.30. The van der Waals surface area contributed by atoms with Crippen molar-refractivity contribution in [2.75, 3.05) is 17.3 Å². The summed E-state index contributed by atoms with van der Waals surface area (Å²) in [5.41, 5.74) is 0. The van der Waals surface area contributed by atoms with Gasteiger partial charge in [0.1, 0.15) is 11.6 Å². The third-order valence-corrected chi connectivity index (χ3v) is 2.42. The van der Waals surface area contributed by atoms with E-state index in [1.807, 2.05) is 24.8 Å². The van der Waals surface area contributed by atoms with Gasteiger partial charge in [0.25, 0.3) is 0 Å². The van der Waals surface area contributed by atoms with Crippen LogP contribution >= 0.6 is 11.8 Å². The molecule has 0 fully saturated rings. The number of anilines is 1. The molecule has 0 aliphatic carbocycles. The first-order valence-corrected chi connectivity index (χ1v) is 5.67. The zero-order valence-electron chi connectivity index (χ0n) is 8.24. The molecular weight excluding hydrogens is 182 g/mol. The van der Waals surface area contributed by atoms with Gasteiger partial charge in [-0.3, -0.25) is 0 Å². The number of rotatable bonds is 4. The van der Waals surface area contributed by atoms with Crippen molar-refractivity contribution >= 4 is 17.6 Å². The van der Waals surface area contributed by atoms with Gasteiger partial charge in [-0.05, 0) is 26.2 Å². The molecule has 3 nitrogen and oxygen atoms in total. The average molecular weight is 197 g/mol. The lowest BCUT2D eigenvalue weighted by atomic mass is 10.4. The summed E-state index contributed by atoms with van der Waals surface area (Å²) in [5.74, 6) is 2.80. The van der Waals surface area contributed by atoms with Crippen molar-refractivity contribution < 1.29 is 0 Å².